The molecule has 0 bridgehead atoms. The maximum Gasteiger partial charge on any atom is 0.253 e. The van der Waals surface area contributed by atoms with Gasteiger partial charge in [-0.1, -0.05) is 43.7 Å². The van der Waals surface area contributed by atoms with Crippen molar-refractivity contribution in [2.75, 3.05) is 6.54 Å². The van der Waals surface area contributed by atoms with Crippen molar-refractivity contribution in [2.24, 2.45) is 0 Å². The lowest BCUT2D eigenvalue weighted by Gasteiger charge is -2.10. The maximum absolute atomic E-state index is 11.5. The molecule has 0 unspecified atom stereocenters. The highest BCUT2D eigenvalue weighted by Gasteiger charge is 2.15. The van der Waals surface area contributed by atoms with Gasteiger partial charge in [0.25, 0.3) is 5.91 Å². The van der Waals surface area contributed by atoms with Gasteiger partial charge in [-0.3, -0.25) is 4.79 Å². The van der Waals surface area contributed by atoms with Gasteiger partial charge in [-0.25, -0.2) is 0 Å². The molecule has 1 aromatic carbocycles. The van der Waals surface area contributed by atoms with Crippen LogP contribution < -0.4 is 5.32 Å². The molecule has 0 aliphatic carbocycles. The molecule has 0 spiro atoms. The summed E-state index contributed by atoms with van der Waals surface area (Å²) < 4.78 is 0. The monoisotopic (exact) mass is 207 g/mol. The Kier molecular flexibility index (Phi) is 4.84. The van der Waals surface area contributed by atoms with E-state index < -0.39 is 6.10 Å². The van der Waals surface area contributed by atoms with Gasteiger partial charge in [0, 0.05) is 6.54 Å². The molecule has 1 aromatic rings. The number of unbranched alkanes of at least 4 members (excludes halogenated alkanes) is 1. The summed E-state index contributed by atoms with van der Waals surface area (Å²) in [4.78, 5) is 11.5. The van der Waals surface area contributed by atoms with Crippen LogP contribution in [0.2, 0.25) is 0 Å². The number of aliphatic hydroxyl groups is 1. The van der Waals surface area contributed by atoms with Crippen LogP contribution in [0.25, 0.3) is 0 Å². The van der Waals surface area contributed by atoms with E-state index in [-0.39, 0.29) is 5.91 Å². The molecular formula is C12H17NO2. The number of aliphatic hydroxyl groups excluding tert-OH is 1. The number of rotatable bonds is 5. The molecule has 1 rings (SSSR count). The van der Waals surface area contributed by atoms with Crippen LogP contribution in [0.3, 0.4) is 0 Å². The minimum atomic E-state index is -1.05. The molecule has 0 fully saturated rings. The predicted molar refractivity (Wildman–Crippen MR) is 59.3 cm³/mol. The number of benzene rings is 1. The molecule has 0 heterocycles. The first-order valence-corrected chi connectivity index (χ1v) is 5.26. The van der Waals surface area contributed by atoms with Crippen molar-refractivity contribution < 1.29 is 9.90 Å². The average molecular weight is 207 g/mol. The Morgan fingerprint density at radius 1 is 1.40 bits per heavy atom. The van der Waals surface area contributed by atoms with E-state index in [1.54, 1.807) is 24.3 Å². The molecule has 2 N–H and O–H groups in total. The number of carbonyl (C=O) groups excluding carboxylic acids is 1. The first kappa shape index (κ1) is 11.7. The normalized spacial score (nSPS) is 12.1. The highest BCUT2D eigenvalue weighted by molar-refractivity contribution is 5.81. The summed E-state index contributed by atoms with van der Waals surface area (Å²) in [6.07, 6.45) is 0.914. The van der Waals surface area contributed by atoms with Gasteiger partial charge in [0.2, 0.25) is 0 Å². The fraction of sp³-hybridized carbons (Fsp3) is 0.417. The Balaban J connectivity index is 2.46. The minimum absolute atomic E-state index is 0.324. The summed E-state index contributed by atoms with van der Waals surface area (Å²) >= 11 is 0. The summed E-state index contributed by atoms with van der Waals surface area (Å²) in [7, 11) is 0. The molecule has 82 valence electrons. The van der Waals surface area contributed by atoms with Gasteiger partial charge in [0.05, 0.1) is 0 Å². The van der Waals surface area contributed by atoms with Gasteiger partial charge in [-0.15, -0.1) is 0 Å². The highest BCUT2D eigenvalue weighted by atomic mass is 16.3. The Morgan fingerprint density at radius 3 is 2.67 bits per heavy atom. The number of amides is 1. The SMILES string of the molecule is CCCCNC(=O)[C@H](O)c1ccccc1. The minimum Gasteiger partial charge on any atom is -0.378 e. The third kappa shape index (κ3) is 3.72. The summed E-state index contributed by atoms with van der Waals surface area (Å²) in [5.41, 5.74) is 0.631. The number of hydrogen-bond acceptors (Lipinski definition) is 2. The van der Waals surface area contributed by atoms with Crippen LogP contribution in [0, 0.1) is 0 Å². The molecule has 0 aliphatic rings. The smallest absolute Gasteiger partial charge is 0.253 e. The predicted octanol–water partition coefficient (Wildman–Crippen LogP) is 1.64. The van der Waals surface area contributed by atoms with E-state index >= 15 is 0 Å². The van der Waals surface area contributed by atoms with E-state index in [1.165, 1.54) is 0 Å². The molecule has 0 aliphatic heterocycles. The zero-order valence-electron chi connectivity index (χ0n) is 8.94. The molecule has 3 heteroatoms. The van der Waals surface area contributed by atoms with Crippen molar-refractivity contribution in [1.82, 2.24) is 5.32 Å². The largest absolute Gasteiger partial charge is 0.378 e. The second kappa shape index (κ2) is 6.19. The molecule has 0 saturated heterocycles. The lowest BCUT2D eigenvalue weighted by molar-refractivity contribution is -0.129. The van der Waals surface area contributed by atoms with Crippen molar-refractivity contribution in [2.45, 2.75) is 25.9 Å². The average Bonchev–Trinajstić information content (AvgIpc) is 2.29. The van der Waals surface area contributed by atoms with Crippen molar-refractivity contribution >= 4 is 5.91 Å². The van der Waals surface area contributed by atoms with Gasteiger partial charge in [-0.05, 0) is 12.0 Å². The Labute approximate surface area is 90.1 Å². The molecular weight excluding hydrogens is 190 g/mol. The standard InChI is InChI=1S/C12H17NO2/c1-2-3-9-13-12(15)11(14)10-7-5-4-6-8-10/h4-8,11,14H,2-3,9H2,1H3,(H,13,15)/t11-/m1/s1. The van der Waals surface area contributed by atoms with Crippen LogP contribution in [0.15, 0.2) is 30.3 Å². The second-order valence-corrected chi connectivity index (χ2v) is 3.46. The summed E-state index contributed by atoms with van der Waals surface area (Å²) in [5, 5.41) is 12.4. The number of hydrogen-bond donors (Lipinski definition) is 2. The van der Waals surface area contributed by atoms with E-state index in [0.29, 0.717) is 12.1 Å². The first-order chi connectivity index (χ1) is 7.25. The second-order valence-electron chi connectivity index (χ2n) is 3.46. The Bertz CT molecular complexity index is 298. The van der Waals surface area contributed by atoms with Crippen LogP contribution in [0.5, 0.6) is 0 Å². The molecule has 0 saturated carbocycles. The van der Waals surface area contributed by atoms with Gasteiger partial charge in [-0.2, -0.15) is 0 Å². The van der Waals surface area contributed by atoms with Gasteiger partial charge < -0.3 is 10.4 Å². The van der Waals surface area contributed by atoms with E-state index in [9.17, 15) is 9.90 Å². The molecule has 1 atom stereocenters. The number of carbonyl (C=O) groups is 1. The zero-order chi connectivity index (χ0) is 11.1. The van der Waals surface area contributed by atoms with E-state index in [4.69, 9.17) is 0 Å². The zero-order valence-corrected chi connectivity index (χ0v) is 8.94. The van der Waals surface area contributed by atoms with Crippen LogP contribution in [0.4, 0.5) is 0 Å². The molecule has 0 aromatic heterocycles. The van der Waals surface area contributed by atoms with Gasteiger partial charge >= 0.3 is 0 Å². The molecule has 0 radical (unpaired) electrons. The number of nitrogens with one attached hydrogen (secondary N) is 1. The topological polar surface area (TPSA) is 49.3 Å². The summed E-state index contributed by atoms with van der Waals surface area (Å²) in [5.74, 6) is -0.324. The third-order valence-electron chi connectivity index (χ3n) is 2.19. The fourth-order valence-electron chi connectivity index (χ4n) is 1.27. The lowest BCUT2D eigenvalue weighted by atomic mass is 10.1. The van der Waals surface area contributed by atoms with E-state index in [0.717, 1.165) is 12.8 Å². The van der Waals surface area contributed by atoms with Gasteiger partial charge in [0.15, 0.2) is 6.10 Å². The Morgan fingerprint density at radius 2 is 2.07 bits per heavy atom. The molecule has 15 heavy (non-hydrogen) atoms. The highest BCUT2D eigenvalue weighted by Crippen LogP contribution is 2.11. The summed E-state index contributed by atoms with van der Waals surface area (Å²) in [6, 6.07) is 8.94. The van der Waals surface area contributed by atoms with Gasteiger partial charge in [0.1, 0.15) is 0 Å². The van der Waals surface area contributed by atoms with Crippen LogP contribution in [-0.2, 0) is 4.79 Å². The summed E-state index contributed by atoms with van der Waals surface area (Å²) in [6.45, 7) is 2.68. The fourth-order valence-corrected chi connectivity index (χ4v) is 1.27. The first-order valence-electron chi connectivity index (χ1n) is 5.26. The van der Waals surface area contributed by atoms with Crippen LogP contribution in [0.1, 0.15) is 31.4 Å². The van der Waals surface area contributed by atoms with Crippen molar-refractivity contribution in [1.29, 1.82) is 0 Å². The third-order valence-corrected chi connectivity index (χ3v) is 2.19. The van der Waals surface area contributed by atoms with E-state index in [2.05, 4.69) is 12.2 Å². The van der Waals surface area contributed by atoms with E-state index in [1.807, 2.05) is 6.07 Å². The van der Waals surface area contributed by atoms with Crippen LogP contribution in [-0.4, -0.2) is 17.6 Å². The quantitative estimate of drug-likeness (QED) is 0.721. The van der Waals surface area contributed by atoms with Crippen molar-refractivity contribution in [3.63, 3.8) is 0 Å². The Hall–Kier alpha value is -1.35. The van der Waals surface area contributed by atoms with Crippen LogP contribution >= 0.6 is 0 Å². The maximum atomic E-state index is 11.5. The lowest BCUT2D eigenvalue weighted by Crippen LogP contribution is -2.29. The van der Waals surface area contributed by atoms with Crippen molar-refractivity contribution in [3.8, 4) is 0 Å². The van der Waals surface area contributed by atoms with Crippen molar-refractivity contribution in [3.05, 3.63) is 35.9 Å². The molecule has 1 amide bonds. The molecule has 3 nitrogen and oxygen atoms in total.